The van der Waals surface area contributed by atoms with Crippen LogP contribution in [0.3, 0.4) is 0 Å². The smallest absolute Gasteiger partial charge is 0.162 e. The van der Waals surface area contributed by atoms with E-state index in [0.717, 1.165) is 11.1 Å². The van der Waals surface area contributed by atoms with E-state index in [9.17, 15) is 4.79 Å². The fourth-order valence-corrected chi connectivity index (χ4v) is 2.56. The summed E-state index contributed by atoms with van der Waals surface area (Å²) in [6.07, 6.45) is 0.473. The number of hydrogen-bond acceptors (Lipinski definition) is 2. The summed E-state index contributed by atoms with van der Waals surface area (Å²) in [4.78, 5) is 11.8. The van der Waals surface area contributed by atoms with Crippen LogP contribution in [0, 0.1) is 0 Å². The molecule has 0 spiro atoms. The molecule has 0 fully saturated rings. The molecule has 0 aromatic heterocycles. The van der Waals surface area contributed by atoms with E-state index in [1.807, 2.05) is 32.0 Å². The highest BCUT2D eigenvalue weighted by Crippen LogP contribution is 2.37. The molecular weight excluding hydrogens is 307 g/mol. The Labute approximate surface area is 134 Å². The number of rotatable bonds is 5. The van der Waals surface area contributed by atoms with E-state index >= 15 is 0 Å². The van der Waals surface area contributed by atoms with Crippen LogP contribution in [-0.4, -0.2) is 12.4 Å². The molecule has 0 aliphatic rings. The molecule has 0 saturated heterocycles. The molecule has 2 aromatic rings. The Hall–Kier alpha value is -1.51. The highest BCUT2D eigenvalue weighted by molar-refractivity contribution is 6.36. The van der Waals surface area contributed by atoms with Gasteiger partial charge in [0.05, 0.1) is 16.7 Å². The molecule has 2 aromatic carbocycles. The number of ketones is 1. The SMILES string of the molecule is CCOc1cc(Cl)c(-c2cccc(C(=O)CC)c2)cc1Cl. The summed E-state index contributed by atoms with van der Waals surface area (Å²) in [6, 6.07) is 10.9. The van der Waals surface area contributed by atoms with Gasteiger partial charge in [-0.15, -0.1) is 0 Å². The van der Waals surface area contributed by atoms with Crippen molar-refractivity contribution >= 4 is 29.0 Å². The van der Waals surface area contributed by atoms with Gasteiger partial charge in [-0.3, -0.25) is 4.79 Å². The Bertz CT molecular complexity index is 666. The van der Waals surface area contributed by atoms with Crippen molar-refractivity contribution in [2.24, 2.45) is 0 Å². The number of hydrogen-bond donors (Lipinski definition) is 0. The molecular formula is C17H16Cl2O2. The van der Waals surface area contributed by atoms with Gasteiger partial charge >= 0.3 is 0 Å². The minimum atomic E-state index is 0.102. The number of halogens is 2. The van der Waals surface area contributed by atoms with E-state index < -0.39 is 0 Å². The second kappa shape index (κ2) is 6.97. The van der Waals surface area contributed by atoms with Crippen molar-refractivity contribution in [3.8, 4) is 16.9 Å². The van der Waals surface area contributed by atoms with E-state index in [1.165, 1.54) is 0 Å². The highest BCUT2D eigenvalue weighted by Gasteiger charge is 2.11. The highest BCUT2D eigenvalue weighted by atomic mass is 35.5. The summed E-state index contributed by atoms with van der Waals surface area (Å²) >= 11 is 12.5. The van der Waals surface area contributed by atoms with Gasteiger partial charge in [-0.05, 0) is 24.6 Å². The van der Waals surface area contributed by atoms with Crippen LogP contribution in [0.15, 0.2) is 36.4 Å². The maximum absolute atomic E-state index is 11.8. The Morgan fingerprint density at radius 1 is 1.10 bits per heavy atom. The van der Waals surface area contributed by atoms with Crippen molar-refractivity contribution in [1.82, 2.24) is 0 Å². The van der Waals surface area contributed by atoms with E-state index in [4.69, 9.17) is 27.9 Å². The monoisotopic (exact) mass is 322 g/mol. The van der Waals surface area contributed by atoms with Gasteiger partial charge in [0.2, 0.25) is 0 Å². The van der Waals surface area contributed by atoms with Gasteiger partial charge in [-0.1, -0.05) is 48.3 Å². The minimum absolute atomic E-state index is 0.102. The van der Waals surface area contributed by atoms with Crippen molar-refractivity contribution in [3.05, 3.63) is 52.0 Å². The van der Waals surface area contributed by atoms with Gasteiger partial charge in [0.15, 0.2) is 5.78 Å². The van der Waals surface area contributed by atoms with Gasteiger partial charge < -0.3 is 4.74 Å². The lowest BCUT2D eigenvalue weighted by Crippen LogP contribution is -1.97. The molecule has 110 valence electrons. The van der Waals surface area contributed by atoms with Crippen LogP contribution < -0.4 is 4.74 Å². The third-order valence-electron chi connectivity index (χ3n) is 3.14. The summed E-state index contributed by atoms with van der Waals surface area (Å²) in [5, 5.41) is 1.05. The first-order valence-corrected chi connectivity index (χ1v) is 7.57. The number of carbonyl (C=O) groups is 1. The molecule has 2 rings (SSSR count). The third-order valence-corrected chi connectivity index (χ3v) is 3.75. The quantitative estimate of drug-likeness (QED) is 0.664. The van der Waals surface area contributed by atoms with Crippen LogP contribution in [0.5, 0.6) is 5.75 Å². The zero-order valence-electron chi connectivity index (χ0n) is 12.0. The van der Waals surface area contributed by atoms with Gasteiger partial charge in [-0.25, -0.2) is 0 Å². The predicted molar refractivity (Wildman–Crippen MR) is 87.7 cm³/mol. The van der Waals surface area contributed by atoms with Crippen molar-refractivity contribution in [1.29, 1.82) is 0 Å². The summed E-state index contributed by atoms with van der Waals surface area (Å²) in [7, 11) is 0. The van der Waals surface area contributed by atoms with Crippen molar-refractivity contribution in [2.45, 2.75) is 20.3 Å². The zero-order valence-corrected chi connectivity index (χ0v) is 13.5. The summed E-state index contributed by atoms with van der Waals surface area (Å²) in [6.45, 7) is 4.25. The maximum Gasteiger partial charge on any atom is 0.162 e. The third kappa shape index (κ3) is 3.58. The van der Waals surface area contributed by atoms with Crippen molar-refractivity contribution in [3.63, 3.8) is 0 Å². The second-order valence-corrected chi connectivity index (χ2v) is 5.37. The molecule has 0 aliphatic carbocycles. The molecule has 2 nitrogen and oxygen atoms in total. The first-order chi connectivity index (χ1) is 10.1. The Kier molecular flexibility index (Phi) is 5.27. The van der Waals surface area contributed by atoms with Gasteiger partial charge in [-0.2, -0.15) is 0 Å². The lowest BCUT2D eigenvalue weighted by Gasteiger charge is -2.11. The fourth-order valence-electron chi connectivity index (χ4n) is 2.08. The summed E-state index contributed by atoms with van der Waals surface area (Å²) in [5.74, 6) is 0.665. The topological polar surface area (TPSA) is 26.3 Å². The van der Waals surface area contributed by atoms with Gasteiger partial charge in [0, 0.05) is 23.6 Å². The average molecular weight is 323 g/mol. The van der Waals surface area contributed by atoms with E-state index in [0.29, 0.717) is 34.4 Å². The normalized spacial score (nSPS) is 10.5. The minimum Gasteiger partial charge on any atom is -0.492 e. The molecule has 21 heavy (non-hydrogen) atoms. The molecule has 0 heterocycles. The zero-order chi connectivity index (χ0) is 15.4. The van der Waals surface area contributed by atoms with Crippen LogP contribution in [-0.2, 0) is 0 Å². The van der Waals surface area contributed by atoms with Gasteiger partial charge in [0.25, 0.3) is 0 Å². The Morgan fingerprint density at radius 2 is 1.86 bits per heavy atom. The molecule has 0 amide bonds. The number of Topliss-reactive ketones (excluding diaryl/α,β-unsaturated/α-hetero) is 1. The van der Waals surface area contributed by atoms with Crippen LogP contribution >= 0.6 is 23.2 Å². The van der Waals surface area contributed by atoms with Crippen LogP contribution in [0.1, 0.15) is 30.6 Å². The van der Waals surface area contributed by atoms with E-state index in [2.05, 4.69) is 0 Å². The van der Waals surface area contributed by atoms with Crippen molar-refractivity contribution < 1.29 is 9.53 Å². The molecule has 0 atom stereocenters. The van der Waals surface area contributed by atoms with Crippen LogP contribution in [0.2, 0.25) is 10.0 Å². The molecule has 0 aliphatic heterocycles. The molecule has 4 heteroatoms. The lowest BCUT2D eigenvalue weighted by molar-refractivity contribution is 0.0988. The summed E-state index contributed by atoms with van der Waals surface area (Å²) in [5.41, 5.74) is 2.33. The molecule has 0 bridgehead atoms. The number of carbonyl (C=O) groups excluding carboxylic acids is 1. The lowest BCUT2D eigenvalue weighted by atomic mass is 10.0. The molecule has 0 unspecified atom stereocenters. The first-order valence-electron chi connectivity index (χ1n) is 6.82. The average Bonchev–Trinajstić information content (AvgIpc) is 2.50. The first kappa shape index (κ1) is 15.9. The Balaban J connectivity index is 2.47. The molecule has 0 N–H and O–H groups in total. The molecule has 0 saturated carbocycles. The standard InChI is InChI=1S/C17H16Cl2O2/c1-3-16(20)12-7-5-6-11(8-12)13-9-15(19)17(21-4-2)10-14(13)18/h5-10H,3-4H2,1-2H3. The second-order valence-electron chi connectivity index (χ2n) is 4.55. The van der Waals surface area contributed by atoms with Crippen molar-refractivity contribution in [2.75, 3.05) is 6.61 Å². The van der Waals surface area contributed by atoms with E-state index in [-0.39, 0.29) is 5.78 Å². The number of benzene rings is 2. The van der Waals surface area contributed by atoms with Crippen LogP contribution in [0.25, 0.3) is 11.1 Å². The number of ether oxygens (including phenoxy) is 1. The van der Waals surface area contributed by atoms with E-state index in [1.54, 1.807) is 18.2 Å². The maximum atomic E-state index is 11.8. The fraction of sp³-hybridized carbons (Fsp3) is 0.235. The van der Waals surface area contributed by atoms with Crippen LogP contribution in [0.4, 0.5) is 0 Å². The summed E-state index contributed by atoms with van der Waals surface area (Å²) < 4.78 is 5.42. The molecule has 0 radical (unpaired) electrons. The predicted octanol–water partition coefficient (Wildman–Crippen LogP) is 5.65. The van der Waals surface area contributed by atoms with Gasteiger partial charge in [0.1, 0.15) is 5.75 Å². The largest absolute Gasteiger partial charge is 0.492 e. The Morgan fingerprint density at radius 3 is 2.52 bits per heavy atom.